The molecule has 2 saturated heterocycles. The van der Waals surface area contributed by atoms with Crippen LogP contribution in [0.4, 0.5) is 0 Å². The van der Waals surface area contributed by atoms with E-state index in [0.717, 1.165) is 9.80 Å². The van der Waals surface area contributed by atoms with Crippen LogP contribution in [0.3, 0.4) is 0 Å². The predicted octanol–water partition coefficient (Wildman–Crippen LogP) is 1.75. The summed E-state index contributed by atoms with van der Waals surface area (Å²) in [6.07, 6.45) is 1.95. The second-order valence-corrected chi connectivity index (χ2v) is 17.8. The Bertz CT molecular complexity index is 1130. The first-order chi connectivity index (χ1) is 24.1. The van der Waals surface area contributed by atoms with Crippen molar-refractivity contribution >= 4 is 35.4 Å². The average molecular weight is 779 g/mol. The molecule has 18 heteroatoms. The quantitative estimate of drug-likeness (QED) is 0.123. The number of hydroxylamine groups is 4. The largest absolute Gasteiger partial charge is 0.480 e. The van der Waals surface area contributed by atoms with Crippen LogP contribution in [0.15, 0.2) is 0 Å². The van der Waals surface area contributed by atoms with Crippen molar-refractivity contribution in [1.82, 2.24) is 19.9 Å². The number of piperidine rings is 2. The zero-order valence-electron chi connectivity index (χ0n) is 34.2. The molecular formula is C36H66N4O14. The summed E-state index contributed by atoms with van der Waals surface area (Å²) in [5.41, 5.74) is -3.05. The van der Waals surface area contributed by atoms with Gasteiger partial charge in [0.2, 0.25) is 0 Å². The van der Waals surface area contributed by atoms with Crippen molar-refractivity contribution in [3.05, 3.63) is 0 Å². The molecule has 2 fully saturated rings. The molecule has 2 heterocycles. The van der Waals surface area contributed by atoms with Crippen LogP contribution in [0.1, 0.15) is 109 Å². The van der Waals surface area contributed by atoms with E-state index < -0.39 is 61.3 Å². The van der Waals surface area contributed by atoms with Gasteiger partial charge in [0.1, 0.15) is 11.6 Å². The molecule has 0 bridgehead atoms. The van der Waals surface area contributed by atoms with Crippen molar-refractivity contribution in [1.29, 1.82) is 0 Å². The Labute approximate surface area is 318 Å². The second kappa shape index (κ2) is 20.2. The first kappa shape index (κ1) is 50.9. The van der Waals surface area contributed by atoms with E-state index in [1.165, 1.54) is 0 Å². The molecule has 0 aromatic rings. The molecule has 0 saturated carbocycles. The molecular weight excluding hydrogens is 712 g/mol. The molecule has 0 aromatic carbocycles. The van der Waals surface area contributed by atoms with E-state index in [0.29, 0.717) is 25.7 Å². The van der Waals surface area contributed by atoms with Gasteiger partial charge in [-0.25, -0.2) is 0 Å². The van der Waals surface area contributed by atoms with Crippen LogP contribution in [0.2, 0.25) is 0 Å². The number of hydrogen-bond donors (Lipinski definition) is 6. The standard InChI is InChI=1S/2C13H25NO3.C10H16N2O8/c2*1-11(2)7-10(15)8-12(3,4)14(11)17-9-13(5,6)16;13-7(14)3-11(4-8(15)16)1-2-12(5-9(17)18)6-10(19)20/h2*16H,7-9H2,1-6H3;1-6H2,(H,13,14)(H,15,16)(H,17,18)(H,19,20). The zero-order valence-corrected chi connectivity index (χ0v) is 34.2. The molecule has 0 spiro atoms. The van der Waals surface area contributed by atoms with E-state index >= 15 is 0 Å². The third-order valence-electron chi connectivity index (χ3n) is 7.98. The van der Waals surface area contributed by atoms with Crippen molar-refractivity contribution < 1.29 is 69.1 Å². The number of Topliss-reactive ketones (excluding diaryl/α,β-unsaturated/α-hetero) is 2. The van der Waals surface area contributed by atoms with Crippen molar-refractivity contribution in [2.45, 2.75) is 142 Å². The van der Waals surface area contributed by atoms with Crippen LogP contribution in [0.25, 0.3) is 0 Å². The lowest BCUT2D eigenvalue weighted by Crippen LogP contribution is -2.61. The zero-order chi connectivity index (χ0) is 42.7. The van der Waals surface area contributed by atoms with Crippen LogP contribution in [-0.4, -0.2) is 172 Å². The van der Waals surface area contributed by atoms with Gasteiger partial charge in [-0.05, 0) is 83.1 Å². The first-order valence-electron chi connectivity index (χ1n) is 17.8. The Kier molecular flexibility index (Phi) is 19.0. The minimum absolute atomic E-state index is 0.0703. The van der Waals surface area contributed by atoms with Gasteiger partial charge >= 0.3 is 23.9 Å². The summed E-state index contributed by atoms with van der Waals surface area (Å²) in [5, 5.41) is 57.7. The minimum Gasteiger partial charge on any atom is -0.480 e. The second-order valence-electron chi connectivity index (χ2n) is 17.8. The highest BCUT2D eigenvalue weighted by Crippen LogP contribution is 2.38. The molecule has 2 aliphatic heterocycles. The van der Waals surface area contributed by atoms with E-state index in [4.69, 9.17) is 30.1 Å². The Balaban J connectivity index is 0.000000783. The van der Waals surface area contributed by atoms with E-state index in [1.807, 2.05) is 65.5 Å². The smallest absolute Gasteiger partial charge is 0.317 e. The molecule has 18 nitrogen and oxygen atoms in total. The molecule has 0 radical (unpaired) electrons. The fourth-order valence-corrected chi connectivity index (χ4v) is 6.60. The maximum Gasteiger partial charge on any atom is 0.317 e. The molecule has 314 valence electrons. The van der Waals surface area contributed by atoms with E-state index in [9.17, 15) is 39.0 Å². The van der Waals surface area contributed by atoms with Crippen LogP contribution >= 0.6 is 0 Å². The number of rotatable bonds is 17. The van der Waals surface area contributed by atoms with Gasteiger partial charge in [-0.3, -0.25) is 48.2 Å². The van der Waals surface area contributed by atoms with Gasteiger partial charge in [-0.15, -0.1) is 0 Å². The average Bonchev–Trinajstić information content (AvgIpc) is 2.86. The van der Waals surface area contributed by atoms with E-state index in [-0.39, 0.29) is 60.0 Å². The SMILES string of the molecule is CC(C)(O)CON1C(C)(C)CC(=O)CC1(C)C.CC(C)(O)CON1C(C)(C)CC(=O)CC1(C)C.O=C(O)CN(CCN(CC(=O)O)CC(=O)O)CC(=O)O. The summed E-state index contributed by atoms with van der Waals surface area (Å²) in [6.45, 7) is 21.0. The van der Waals surface area contributed by atoms with Gasteiger partial charge in [-0.1, -0.05) is 0 Å². The number of nitrogens with zero attached hydrogens (tertiary/aromatic N) is 4. The van der Waals surface area contributed by atoms with Gasteiger partial charge in [0.05, 0.1) is 50.6 Å². The van der Waals surface area contributed by atoms with Gasteiger partial charge < -0.3 is 30.6 Å². The monoisotopic (exact) mass is 778 g/mol. The number of carboxylic acids is 4. The van der Waals surface area contributed by atoms with Crippen LogP contribution < -0.4 is 0 Å². The van der Waals surface area contributed by atoms with Crippen LogP contribution in [-0.2, 0) is 38.4 Å². The lowest BCUT2D eigenvalue weighted by atomic mass is 9.81. The van der Waals surface area contributed by atoms with Crippen molar-refractivity contribution in [2.75, 3.05) is 52.5 Å². The van der Waals surface area contributed by atoms with Crippen LogP contribution in [0, 0.1) is 0 Å². The fraction of sp³-hybridized carbons (Fsp3) is 0.833. The number of carboxylic acid groups (broad SMARTS) is 4. The van der Waals surface area contributed by atoms with E-state index in [2.05, 4.69) is 0 Å². The highest BCUT2D eigenvalue weighted by molar-refractivity contribution is 5.82. The highest BCUT2D eigenvalue weighted by atomic mass is 16.7. The molecule has 2 rings (SSSR count). The summed E-state index contributed by atoms with van der Waals surface area (Å²) in [6, 6.07) is 0. The fourth-order valence-electron chi connectivity index (χ4n) is 6.60. The number of aliphatic hydroxyl groups is 2. The molecule has 0 aromatic heterocycles. The summed E-state index contributed by atoms with van der Waals surface area (Å²) in [4.78, 5) is 79.3. The van der Waals surface area contributed by atoms with Gasteiger partial charge in [-0.2, -0.15) is 10.1 Å². The normalized spacial score (nSPS) is 19.7. The number of carbonyl (C=O) groups is 6. The third-order valence-corrected chi connectivity index (χ3v) is 7.98. The number of hydrogen-bond acceptors (Lipinski definition) is 14. The summed E-state index contributed by atoms with van der Waals surface area (Å²) < 4.78 is 0. The maximum atomic E-state index is 11.7. The van der Waals surface area contributed by atoms with Crippen molar-refractivity contribution in [3.63, 3.8) is 0 Å². The highest BCUT2D eigenvalue weighted by Gasteiger charge is 2.47. The minimum atomic E-state index is -1.23. The summed E-state index contributed by atoms with van der Waals surface area (Å²) in [5.74, 6) is -4.38. The Morgan fingerprint density at radius 3 is 0.907 bits per heavy atom. The predicted molar refractivity (Wildman–Crippen MR) is 196 cm³/mol. The van der Waals surface area contributed by atoms with E-state index in [1.54, 1.807) is 27.7 Å². The van der Waals surface area contributed by atoms with Gasteiger partial charge in [0.15, 0.2) is 0 Å². The molecule has 0 atom stereocenters. The van der Waals surface area contributed by atoms with Gasteiger partial charge in [0.25, 0.3) is 0 Å². The third kappa shape index (κ3) is 20.5. The number of aliphatic carboxylic acids is 4. The Morgan fingerprint density at radius 2 is 0.741 bits per heavy atom. The Hall–Kier alpha value is -3.10. The van der Waals surface area contributed by atoms with Crippen LogP contribution in [0.5, 0.6) is 0 Å². The molecule has 0 amide bonds. The maximum absolute atomic E-state index is 11.7. The molecule has 54 heavy (non-hydrogen) atoms. The van der Waals surface area contributed by atoms with Gasteiger partial charge in [0, 0.05) is 60.9 Å². The molecule has 0 aliphatic carbocycles. The summed E-state index contributed by atoms with van der Waals surface area (Å²) >= 11 is 0. The molecule has 6 N–H and O–H groups in total. The molecule has 2 aliphatic rings. The summed E-state index contributed by atoms with van der Waals surface area (Å²) in [7, 11) is 0. The number of carbonyl (C=O) groups excluding carboxylic acids is 2. The Morgan fingerprint density at radius 1 is 0.537 bits per heavy atom. The lowest BCUT2D eigenvalue weighted by Gasteiger charge is -2.51. The van der Waals surface area contributed by atoms with Crippen molar-refractivity contribution in [3.8, 4) is 0 Å². The van der Waals surface area contributed by atoms with Crippen molar-refractivity contribution in [2.24, 2.45) is 0 Å². The lowest BCUT2D eigenvalue weighted by molar-refractivity contribution is -0.290. The number of ketones is 2. The topological polar surface area (TPSA) is 255 Å². The first-order valence-corrected chi connectivity index (χ1v) is 17.8. The molecule has 0 unspecified atom stereocenters.